The van der Waals surface area contributed by atoms with Gasteiger partial charge in [0.1, 0.15) is 5.71 Å². The van der Waals surface area contributed by atoms with E-state index in [4.69, 9.17) is 9.98 Å². The average molecular weight is 712 g/mol. The van der Waals surface area contributed by atoms with Crippen molar-refractivity contribution in [1.29, 1.82) is 0 Å². The number of aliphatic imine (C=N–C) groups is 1. The molecule has 2 heterocycles. The van der Waals surface area contributed by atoms with E-state index in [0.29, 0.717) is 53.5 Å². The first-order valence-electron chi connectivity index (χ1n) is 14.7. The molecule has 1 amide bonds. The number of rotatable bonds is 11. The molecule has 0 unspecified atom stereocenters. The van der Waals surface area contributed by atoms with Gasteiger partial charge < -0.3 is 20.4 Å². The first kappa shape index (κ1) is 35.5. The minimum atomic E-state index is -4.90. The smallest absolute Gasteiger partial charge is 0.294 e. The monoisotopic (exact) mass is 711 g/mol. The quantitative estimate of drug-likeness (QED) is 0.141. The number of hydrogen-bond donors (Lipinski definition) is 5. The van der Waals surface area contributed by atoms with Gasteiger partial charge in [0.15, 0.2) is 5.82 Å². The summed E-state index contributed by atoms with van der Waals surface area (Å²) in [5.74, 6) is -0.179. The molecule has 1 aliphatic rings. The lowest BCUT2D eigenvalue weighted by atomic mass is 9.87. The molecule has 5 rings (SSSR count). The zero-order valence-electron chi connectivity index (χ0n) is 26.5. The summed E-state index contributed by atoms with van der Waals surface area (Å²) in [6.07, 6.45) is 0. The number of fused-ring (bicyclic) bond motifs is 1. The number of aliphatic hydroxyl groups excluding tert-OH is 2. The molecule has 0 spiro atoms. The second kappa shape index (κ2) is 13.6. The van der Waals surface area contributed by atoms with Crippen LogP contribution in [0, 0.1) is 5.41 Å². The van der Waals surface area contributed by atoms with Gasteiger partial charge in [0, 0.05) is 41.0 Å². The third-order valence-electron chi connectivity index (χ3n) is 7.27. The molecular weight excluding hydrogens is 679 g/mol. The highest BCUT2D eigenvalue weighted by molar-refractivity contribution is 7.86. The second-order valence-corrected chi connectivity index (χ2v) is 14.8. The SMILES string of the molecule is CC(C)(C)C1=Nn2nc(-c3ccc(NC(=O)c4cc(S(=O)(=O)O)cc(S(=O)(=O)O)c4)cc3)nc2C1=Nc1ccc(N(CCO)CCO)cc1. The molecular formula is C31H33N7O9S2. The summed E-state index contributed by atoms with van der Waals surface area (Å²) >= 11 is 0. The number of aromatic nitrogens is 3. The molecule has 49 heavy (non-hydrogen) atoms. The first-order chi connectivity index (χ1) is 23.0. The molecule has 0 atom stereocenters. The number of nitrogens with one attached hydrogen (secondary N) is 1. The summed E-state index contributed by atoms with van der Waals surface area (Å²) in [4.78, 5) is 23.9. The van der Waals surface area contributed by atoms with Crippen molar-refractivity contribution >= 4 is 54.6 Å². The van der Waals surface area contributed by atoms with Crippen LogP contribution < -0.4 is 10.2 Å². The Labute approximate surface area is 282 Å². The second-order valence-electron chi connectivity index (χ2n) is 11.9. The van der Waals surface area contributed by atoms with Crippen LogP contribution in [0.2, 0.25) is 0 Å². The van der Waals surface area contributed by atoms with Gasteiger partial charge in [-0.1, -0.05) is 20.8 Å². The van der Waals surface area contributed by atoms with Crippen LogP contribution in [-0.2, 0) is 20.2 Å². The third-order valence-corrected chi connectivity index (χ3v) is 8.93. The number of benzene rings is 3. The van der Waals surface area contributed by atoms with Crippen molar-refractivity contribution in [3.05, 3.63) is 78.1 Å². The van der Waals surface area contributed by atoms with Gasteiger partial charge in [-0.15, -0.1) is 9.89 Å². The zero-order valence-corrected chi connectivity index (χ0v) is 28.1. The summed E-state index contributed by atoms with van der Waals surface area (Å²) in [7, 11) is -9.80. The fraction of sp³-hybridized carbons (Fsp3) is 0.258. The van der Waals surface area contributed by atoms with Gasteiger partial charge in [0.05, 0.1) is 34.4 Å². The summed E-state index contributed by atoms with van der Waals surface area (Å²) in [5.41, 5.74) is 2.63. The number of carbonyl (C=O) groups excluding carboxylic acids is 1. The van der Waals surface area contributed by atoms with E-state index in [0.717, 1.165) is 17.8 Å². The van der Waals surface area contributed by atoms with E-state index in [2.05, 4.69) is 15.5 Å². The maximum absolute atomic E-state index is 12.9. The van der Waals surface area contributed by atoms with E-state index in [1.807, 2.05) is 49.9 Å². The van der Waals surface area contributed by atoms with Crippen molar-refractivity contribution in [3.8, 4) is 11.4 Å². The minimum Gasteiger partial charge on any atom is -0.395 e. The highest BCUT2D eigenvalue weighted by Crippen LogP contribution is 2.30. The predicted octanol–water partition coefficient (Wildman–Crippen LogP) is 2.87. The normalized spacial score (nSPS) is 14.1. The summed E-state index contributed by atoms with van der Waals surface area (Å²) in [6.45, 7) is 6.62. The van der Waals surface area contributed by atoms with Crippen LogP contribution in [-0.4, -0.2) is 94.7 Å². The molecule has 3 aromatic carbocycles. The van der Waals surface area contributed by atoms with E-state index in [-0.39, 0.29) is 18.9 Å². The van der Waals surface area contributed by atoms with Crippen molar-refractivity contribution in [2.45, 2.75) is 30.6 Å². The lowest BCUT2D eigenvalue weighted by molar-refractivity contribution is 0.102. The van der Waals surface area contributed by atoms with Crippen molar-refractivity contribution in [1.82, 2.24) is 14.9 Å². The van der Waals surface area contributed by atoms with Crippen molar-refractivity contribution in [2.75, 3.05) is 36.5 Å². The van der Waals surface area contributed by atoms with Crippen LogP contribution in [0.25, 0.3) is 11.4 Å². The molecule has 16 nitrogen and oxygen atoms in total. The fourth-order valence-electron chi connectivity index (χ4n) is 4.89. The van der Waals surface area contributed by atoms with Crippen LogP contribution in [0.1, 0.15) is 37.0 Å². The van der Waals surface area contributed by atoms with E-state index < -0.39 is 46.9 Å². The van der Waals surface area contributed by atoms with E-state index in [1.54, 1.807) is 12.1 Å². The first-order valence-corrected chi connectivity index (χ1v) is 17.6. The molecule has 18 heteroatoms. The molecule has 0 bridgehead atoms. The number of anilines is 2. The Morgan fingerprint density at radius 1 is 0.878 bits per heavy atom. The van der Waals surface area contributed by atoms with Crippen molar-refractivity contribution in [2.24, 2.45) is 15.5 Å². The number of nitrogens with zero attached hydrogens (tertiary/aromatic N) is 6. The topological polar surface area (TPSA) is 237 Å². The highest BCUT2D eigenvalue weighted by Gasteiger charge is 2.35. The van der Waals surface area contributed by atoms with E-state index in [9.17, 15) is 40.9 Å². The Kier molecular flexibility index (Phi) is 9.82. The molecule has 258 valence electrons. The van der Waals surface area contributed by atoms with Crippen LogP contribution in [0.15, 0.2) is 86.6 Å². The average Bonchev–Trinajstić information content (AvgIpc) is 3.60. The molecule has 1 aromatic heterocycles. The molecule has 4 aromatic rings. The Morgan fingerprint density at radius 2 is 1.45 bits per heavy atom. The lowest BCUT2D eigenvalue weighted by Crippen LogP contribution is -2.29. The third kappa shape index (κ3) is 8.07. The molecule has 0 aliphatic carbocycles. The molecule has 0 saturated heterocycles. The van der Waals surface area contributed by atoms with E-state index in [1.165, 1.54) is 16.9 Å². The highest BCUT2D eigenvalue weighted by atomic mass is 32.2. The van der Waals surface area contributed by atoms with Gasteiger partial charge in [-0.2, -0.15) is 21.9 Å². The minimum absolute atomic E-state index is 0.0562. The van der Waals surface area contributed by atoms with Gasteiger partial charge >= 0.3 is 0 Å². The largest absolute Gasteiger partial charge is 0.395 e. The van der Waals surface area contributed by atoms with Gasteiger partial charge in [0.2, 0.25) is 5.82 Å². The zero-order chi connectivity index (χ0) is 35.7. The predicted molar refractivity (Wildman–Crippen MR) is 181 cm³/mol. The standard InChI is InChI=1S/C31H33N7O9S2/c1-31(2,3)27-26(32-21-8-10-23(11-9-21)37(12-14-39)13-15-40)29-34-28(36-38(29)35-27)19-4-6-22(7-5-19)33-30(41)20-16-24(48(42,43)44)18-25(17-20)49(45,46)47/h4-11,16-18,39-40H,12-15H2,1-3H3,(H,33,41)(H,42,43,44)(H,45,46,47). The number of hydrogen-bond acceptors (Lipinski definition) is 12. The molecule has 1 aliphatic heterocycles. The van der Waals surface area contributed by atoms with Crippen LogP contribution in [0.4, 0.5) is 17.1 Å². The maximum atomic E-state index is 12.9. The Bertz CT molecular complexity index is 2120. The Morgan fingerprint density at radius 3 is 1.96 bits per heavy atom. The fourth-order valence-corrected chi connectivity index (χ4v) is 6.06. The van der Waals surface area contributed by atoms with Gasteiger partial charge in [-0.25, -0.2) is 9.98 Å². The van der Waals surface area contributed by atoms with Crippen LogP contribution in [0.5, 0.6) is 0 Å². The van der Waals surface area contributed by atoms with Crippen LogP contribution in [0.3, 0.4) is 0 Å². The molecule has 0 radical (unpaired) electrons. The van der Waals surface area contributed by atoms with Gasteiger partial charge in [0.25, 0.3) is 26.1 Å². The summed E-state index contributed by atoms with van der Waals surface area (Å²) < 4.78 is 65.3. The molecule has 5 N–H and O–H groups in total. The number of aliphatic hydroxyl groups is 2. The summed E-state index contributed by atoms with van der Waals surface area (Å²) in [6, 6.07) is 15.7. The molecule has 0 saturated carbocycles. The Hall–Kier alpha value is -4.85. The van der Waals surface area contributed by atoms with E-state index >= 15 is 0 Å². The maximum Gasteiger partial charge on any atom is 0.294 e. The lowest BCUT2D eigenvalue weighted by Gasteiger charge is -2.23. The van der Waals surface area contributed by atoms with Gasteiger partial charge in [-0.3, -0.25) is 13.9 Å². The molecule has 0 fully saturated rings. The van der Waals surface area contributed by atoms with Crippen LogP contribution >= 0.6 is 0 Å². The summed E-state index contributed by atoms with van der Waals surface area (Å²) in [5, 5.41) is 30.4. The number of carbonyl (C=O) groups is 1. The Balaban J connectivity index is 1.40. The van der Waals surface area contributed by atoms with Crippen molar-refractivity contribution < 1.29 is 40.9 Å². The van der Waals surface area contributed by atoms with Crippen molar-refractivity contribution in [3.63, 3.8) is 0 Å². The van der Waals surface area contributed by atoms with Gasteiger partial charge in [-0.05, 0) is 66.7 Å². The number of amides is 1.